The minimum Gasteiger partial charge on any atom is -0.299 e. The number of rotatable bonds is 2. The number of ketones is 1. The Morgan fingerprint density at radius 2 is 2.00 bits per heavy atom. The van der Waals surface area contributed by atoms with Crippen molar-refractivity contribution in [3.63, 3.8) is 0 Å². The second-order valence-electron chi connectivity index (χ2n) is 5.68. The summed E-state index contributed by atoms with van der Waals surface area (Å²) in [5, 5.41) is 0. The zero-order chi connectivity index (χ0) is 11.6. The third kappa shape index (κ3) is 2.70. The van der Waals surface area contributed by atoms with E-state index in [9.17, 15) is 4.79 Å². The first kappa shape index (κ1) is 12.5. The SMILES string of the molecule is CC(C)=C(C)C[C@]1(C)CCC[C@@H](C)C1=O. The normalized spacial score (nSPS) is 31.5. The van der Waals surface area contributed by atoms with E-state index >= 15 is 0 Å². The summed E-state index contributed by atoms with van der Waals surface area (Å²) in [6.45, 7) is 10.7. The smallest absolute Gasteiger partial charge is 0.141 e. The van der Waals surface area contributed by atoms with Crippen molar-refractivity contribution in [2.24, 2.45) is 11.3 Å². The molecule has 0 saturated heterocycles. The van der Waals surface area contributed by atoms with E-state index in [1.165, 1.54) is 17.6 Å². The number of hydrogen-bond acceptors (Lipinski definition) is 1. The highest BCUT2D eigenvalue weighted by atomic mass is 16.1. The summed E-state index contributed by atoms with van der Waals surface area (Å²) in [4.78, 5) is 12.2. The standard InChI is InChI=1S/C14H24O/c1-10(2)12(4)9-14(5)8-6-7-11(3)13(14)15/h11H,6-9H2,1-5H3/t11-,14+/m1/s1. The van der Waals surface area contributed by atoms with Crippen molar-refractivity contribution in [1.82, 2.24) is 0 Å². The van der Waals surface area contributed by atoms with Gasteiger partial charge in [-0.05, 0) is 40.0 Å². The fourth-order valence-corrected chi connectivity index (χ4v) is 2.59. The molecule has 0 aromatic rings. The topological polar surface area (TPSA) is 17.1 Å². The van der Waals surface area contributed by atoms with Gasteiger partial charge in [-0.2, -0.15) is 0 Å². The second-order valence-corrected chi connectivity index (χ2v) is 5.68. The molecule has 0 bridgehead atoms. The molecule has 0 spiro atoms. The van der Waals surface area contributed by atoms with E-state index in [4.69, 9.17) is 0 Å². The van der Waals surface area contributed by atoms with Gasteiger partial charge in [0, 0.05) is 11.3 Å². The van der Waals surface area contributed by atoms with Crippen molar-refractivity contribution in [3.05, 3.63) is 11.1 Å². The first-order valence-electron chi connectivity index (χ1n) is 6.04. The lowest BCUT2D eigenvalue weighted by Gasteiger charge is -2.36. The number of Topliss-reactive ketones (excluding diaryl/α,β-unsaturated/α-hetero) is 1. The first-order chi connectivity index (χ1) is 6.87. The zero-order valence-electron chi connectivity index (χ0n) is 10.8. The molecule has 0 N–H and O–H groups in total. The molecule has 15 heavy (non-hydrogen) atoms. The molecular formula is C14H24O. The molecule has 1 fully saturated rings. The van der Waals surface area contributed by atoms with E-state index in [0.717, 1.165) is 19.3 Å². The maximum atomic E-state index is 12.2. The van der Waals surface area contributed by atoms with Gasteiger partial charge in [0.15, 0.2) is 0 Å². The van der Waals surface area contributed by atoms with Crippen LogP contribution in [0.2, 0.25) is 0 Å². The highest BCUT2D eigenvalue weighted by Crippen LogP contribution is 2.40. The molecule has 0 amide bonds. The molecule has 0 aliphatic heterocycles. The lowest BCUT2D eigenvalue weighted by atomic mass is 9.67. The van der Waals surface area contributed by atoms with Crippen LogP contribution in [0.15, 0.2) is 11.1 Å². The third-order valence-corrected chi connectivity index (χ3v) is 3.92. The van der Waals surface area contributed by atoms with Crippen LogP contribution in [0.3, 0.4) is 0 Å². The monoisotopic (exact) mass is 208 g/mol. The lowest BCUT2D eigenvalue weighted by Crippen LogP contribution is -2.36. The van der Waals surface area contributed by atoms with Crippen LogP contribution < -0.4 is 0 Å². The van der Waals surface area contributed by atoms with Gasteiger partial charge in [-0.15, -0.1) is 0 Å². The molecule has 1 heteroatoms. The van der Waals surface area contributed by atoms with Gasteiger partial charge < -0.3 is 0 Å². The maximum absolute atomic E-state index is 12.2. The van der Waals surface area contributed by atoms with Gasteiger partial charge in [-0.25, -0.2) is 0 Å². The highest BCUT2D eigenvalue weighted by Gasteiger charge is 2.38. The number of hydrogen-bond donors (Lipinski definition) is 0. The zero-order valence-corrected chi connectivity index (χ0v) is 10.8. The van der Waals surface area contributed by atoms with Gasteiger partial charge in [0.1, 0.15) is 5.78 Å². The molecule has 1 rings (SSSR count). The van der Waals surface area contributed by atoms with Crippen molar-refractivity contribution in [3.8, 4) is 0 Å². The van der Waals surface area contributed by atoms with Crippen molar-refractivity contribution in [2.45, 2.75) is 60.3 Å². The van der Waals surface area contributed by atoms with Crippen molar-refractivity contribution in [1.29, 1.82) is 0 Å². The van der Waals surface area contributed by atoms with E-state index in [0.29, 0.717) is 5.78 Å². The highest BCUT2D eigenvalue weighted by molar-refractivity contribution is 5.87. The number of allylic oxidation sites excluding steroid dienone is 2. The molecule has 1 aliphatic rings. The van der Waals surface area contributed by atoms with Crippen LogP contribution in [-0.4, -0.2) is 5.78 Å². The summed E-state index contributed by atoms with van der Waals surface area (Å²) in [5.41, 5.74) is 2.67. The predicted molar refractivity (Wildman–Crippen MR) is 64.8 cm³/mol. The Balaban J connectivity index is 2.82. The Kier molecular flexibility index (Phi) is 3.75. The molecule has 0 heterocycles. The first-order valence-corrected chi connectivity index (χ1v) is 6.04. The minimum absolute atomic E-state index is 0.0843. The van der Waals surface area contributed by atoms with Gasteiger partial charge in [0.25, 0.3) is 0 Å². The number of carbonyl (C=O) groups is 1. The second kappa shape index (κ2) is 4.51. The summed E-state index contributed by atoms with van der Waals surface area (Å²) in [5.74, 6) is 0.753. The summed E-state index contributed by atoms with van der Waals surface area (Å²) < 4.78 is 0. The van der Waals surface area contributed by atoms with Crippen LogP contribution in [0.25, 0.3) is 0 Å². The molecule has 1 nitrogen and oxygen atoms in total. The molecule has 0 unspecified atom stereocenters. The van der Waals surface area contributed by atoms with Crippen molar-refractivity contribution >= 4 is 5.78 Å². The molecular weight excluding hydrogens is 184 g/mol. The van der Waals surface area contributed by atoms with Gasteiger partial charge >= 0.3 is 0 Å². The van der Waals surface area contributed by atoms with Gasteiger partial charge in [0.2, 0.25) is 0 Å². The summed E-state index contributed by atoms with van der Waals surface area (Å²) in [6.07, 6.45) is 4.32. The largest absolute Gasteiger partial charge is 0.299 e. The Bertz CT molecular complexity index is 284. The van der Waals surface area contributed by atoms with Gasteiger partial charge in [0.05, 0.1) is 0 Å². The van der Waals surface area contributed by atoms with E-state index in [1.807, 2.05) is 0 Å². The average molecular weight is 208 g/mol. The van der Waals surface area contributed by atoms with E-state index in [2.05, 4.69) is 34.6 Å². The van der Waals surface area contributed by atoms with Gasteiger partial charge in [-0.1, -0.05) is 31.4 Å². The quantitative estimate of drug-likeness (QED) is 0.624. The van der Waals surface area contributed by atoms with Gasteiger partial charge in [-0.3, -0.25) is 4.79 Å². The number of carbonyl (C=O) groups excluding carboxylic acids is 1. The van der Waals surface area contributed by atoms with Crippen molar-refractivity contribution in [2.75, 3.05) is 0 Å². The third-order valence-electron chi connectivity index (χ3n) is 3.92. The van der Waals surface area contributed by atoms with E-state index in [-0.39, 0.29) is 11.3 Å². The molecule has 0 aromatic heterocycles. The van der Waals surface area contributed by atoms with E-state index < -0.39 is 0 Å². The Morgan fingerprint density at radius 3 is 2.53 bits per heavy atom. The fourth-order valence-electron chi connectivity index (χ4n) is 2.59. The Morgan fingerprint density at radius 1 is 1.40 bits per heavy atom. The predicted octanol–water partition coefficient (Wildman–Crippen LogP) is 4.13. The molecule has 0 aromatic carbocycles. The lowest BCUT2D eigenvalue weighted by molar-refractivity contribution is -0.134. The van der Waals surface area contributed by atoms with Crippen LogP contribution in [0.1, 0.15) is 60.3 Å². The van der Waals surface area contributed by atoms with Crippen molar-refractivity contribution < 1.29 is 4.79 Å². The van der Waals surface area contributed by atoms with Crippen LogP contribution in [0.4, 0.5) is 0 Å². The summed E-state index contributed by atoms with van der Waals surface area (Å²) in [6, 6.07) is 0. The molecule has 2 atom stereocenters. The summed E-state index contributed by atoms with van der Waals surface area (Å²) >= 11 is 0. The molecule has 0 radical (unpaired) electrons. The van der Waals surface area contributed by atoms with Crippen LogP contribution in [0.5, 0.6) is 0 Å². The molecule has 86 valence electrons. The Hall–Kier alpha value is -0.590. The van der Waals surface area contributed by atoms with Crippen LogP contribution in [0, 0.1) is 11.3 Å². The Labute approximate surface area is 93.9 Å². The average Bonchev–Trinajstić information content (AvgIpc) is 2.14. The molecule has 1 aliphatic carbocycles. The maximum Gasteiger partial charge on any atom is 0.141 e. The van der Waals surface area contributed by atoms with E-state index in [1.54, 1.807) is 0 Å². The minimum atomic E-state index is -0.0843. The van der Waals surface area contributed by atoms with Crippen LogP contribution >= 0.6 is 0 Å². The molecule has 1 saturated carbocycles. The van der Waals surface area contributed by atoms with Crippen LogP contribution in [-0.2, 0) is 4.79 Å². The fraction of sp³-hybridized carbons (Fsp3) is 0.786. The summed E-state index contributed by atoms with van der Waals surface area (Å²) in [7, 11) is 0.